The van der Waals surface area contributed by atoms with Crippen LogP contribution in [0.25, 0.3) is 10.2 Å². The quantitative estimate of drug-likeness (QED) is 0.613. The van der Waals surface area contributed by atoms with E-state index in [4.69, 9.17) is 4.98 Å². The van der Waals surface area contributed by atoms with Crippen LogP contribution in [0.5, 0.6) is 0 Å². The number of imide groups is 2. The summed E-state index contributed by atoms with van der Waals surface area (Å²) in [5.41, 5.74) is 0.985. The molecule has 28 heavy (non-hydrogen) atoms. The van der Waals surface area contributed by atoms with Crippen molar-refractivity contribution in [2.24, 2.45) is 5.92 Å². The summed E-state index contributed by atoms with van der Waals surface area (Å²) in [4.78, 5) is 45.6. The standard InChI is InChI=1S/C20H24N4O3S/c1-13(2)11-23-18(25)19(26)24(20(23)27)12-22-10-6-5-8-15(22)17-21-14-7-3-4-9-16(14)28-17/h3-4,7,9,13,15H,5-6,8,10-12H2,1-2H3/p+1/t15-/m1/s1. The van der Waals surface area contributed by atoms with Gasteiger partial charge in [-0.25, -0.2) is 14.7 Å². The van der Waals surface area contributed by atoms with Crippen molar-refractivity contribution in [2.75, 3.05) is 19.8 Å². The highest BCUT2D eigenvalue weighted by Crippen LogP contribution is 2.28. The Labute approximate surface area is 167 Å². The van der Waals surface area contributed by atoms with Crippen LogP contribution in [0, 0.1) is 5.92 Å². The van der Waals surface area contributed by atoms with Gasteiger partial charge in [-0.2, -0.15) is 0 Å². The van der Waals surface area contributed by atoms with Gasteiger partial charge >= 0.3 is 17.8 Å². The average molecular weight is 402 g/mol. The summed E-state index contributed by atoms with van der Waals surface area (Å²) in [6, 6.07) is 7.72. The normalized spacial score (nSPS) is 23.5. The number of aromatic nitrogens is 1. The van der Waals surface area contributed by atoms with Gasteiger partial charge in [0.1, 0.15) is 6.04 Å². The second-order valence-corrected chi connectivity index (χ2v) is 9.02. The number of nitrogens with zero attached hydrogens (tertiary/aromatic N) is 3. The predicted molar refractivity (Wildman–Crippen MR) is 106 cm³/mol. The number of urea groups is 1. The molecule has 0 saturated carbocycles. The average Bonchev–Trinajstić information content (AvgIpc) is 3.19. The summed E-state index contributed by atoms with van der Waals surface area (Å²) in [5, 5.41) is 1.04. The molecule has 1 N–H and O–H groups in total. The fourth-order valence-electron chi connectivity index (χ4n) is 4.02. The van der Waals surface area contributed by atoms with E-state index in [1.165, 1.54) is 0 Å². The zero-order valence-electron chi connectivity index (χ0n) is 16.2. The van der Waals surface area contributed by atoms with E-state index in [9.17, 15) is 14.4 Å². The molecule has 3 heterocycles. The van der Waals surface area contributed by atoms with Crippen molar-refractivity contribution < 1.29 is 19.3 Å². The fraction of sp³-hybridized carbons (Fsp3) is 0.500. The number of likely N-dealkylation sites (tertiary alicyclic amines) is 1. The van der Waals surface area contributed by atoms with Crippen LogP contribution in [0.15, 0.2) is 24.3 Å². The Bertz CT molecular complexity index is 892. The highest BCUT2D eigenvalue weighted by atomic mass is 32.1. The van der Waals surface area contributed by atoms with Crippen molar-refractivity contribution >= 4 is 39.4 Å². The van der Waals surface area contributed by atoms with Crippen LogP contribution in [-0.4, -0.2) is 52.4 Å². The van der Waals surface area contributed by atoms with Gasteiger partial charge in [0.15, 0.2) is 11.7 Å². The SMILES string of the molecule is CC(C)CN1C(=O)C(=O)N(C[NH+]2CCCC[C@@H]2c2nc3ccccc3s2)C1=O. The number of carbonyl (C=O) groups is 3. The maximum Gasteiger partial charge on any atom is 0.338 e. The number of rotatable bonds is 5. The molecular formula is C20H25N4O3S+. The fourth-order valence-corrected chi connectivity index (χ4v) is 5.19. The van der Waals surface area contributed by atoms with Crippen LogP contribution >= 0.6 is 11.3 Å². The van der Waals surface area contributed by atoms with E-state index in [1.807, 2.05) is 32.0 Å². The minimum atomic E-state index is -0.702. The topological polar surface area (TPSA) is 75.0 Å². The lowest BCUT2D eigenvalue weighted by atomic mass is 10.0. The number of fused-ring (bicyclic) bond motifs is 1. The molecule has 1 unspecified atom stereocenters. The summed E-state index contributed by atoms with van der Waals surface area (Å²) >= 11 is 1.68. The van der Waals surface area contributed by atoms with Crippen LogP contribution in [0.1, 0.15) is 44.2 Å². The number of amides is 4. The molecule has 148 valence electrons. The molecular weight excluding hydrogens is 376 g/mol. The first-order valence-electron chi connectivity index (χ1n) is 9.83. The van der Waals surface area contributed by atoms with Crippen molar-refractivity contribution in [3.05, 3.63) is 29.3 Å². The van der Waals surface area contributed by atoms with Crippen molar-refractivity contribution in [3.8, 4) is 0 Å². The van der Waals surface area contributed by atoms with E-state index in [2.05, 4.69) is 6.07 Å². The van der Waals surface area contributed by atoms with Gasteiger partial charge in [-0.3, -0.25) is 14.5 Å². The molecule has 1 aromatic carbocycles. The lowest BCUT2D eigenvalue weighted by Gasteiger charge is -2.33. The van der Waals surface area contributed by atoms with Gasteiger partial charge in [-0.1, -0.05) is 26.0 Å². The van der Waals surface area contributed by atoms with E-state index >= 15 is 0 Å². The van der Waals surface area contributed by atoms with Gasteiger partial charge in [-0.05, 0) is 30.9 Å². The van der Waals surface area contributed by atoms with Crippen molar-refractivity contribution in [3.63, 3.8) is 0 Å². The Kier molecular flexibility index (Phi) is 5.16. The number of para-hydroxylation sites is 1. The maximum atomic E-state index is 12.7. The predicted octanol–water partition coefficient (Wildman–Crippen LogP) is 1.81. The molecule has 2 saturated heterocycles. The van der Waals surface area contributed by atoms with Crippen molar-refractivity contribution in [1.29, 1.82) is 0 Å². The molecule has 2 atom stereocenters. The van der Waals surface area contributed by atoms with Gasteiger partial charge in [0.2, 0.25) is 0 Å². The maximum absolute atomic E-state index is 12.7. The van der Waals surface area contributed by atoms with E-state index in [-0.39, 0.29) is 25.2 Å². The highest BCUT2D eigenvalue weighted by Gasteiger charge is 2.47. The minimum Gasteiger partial charge on any atom is -0.309 e. The van der Waals surface area contributed by atoms with Gasteiger partial charge < -0.3 is 4.90 Å². The molecule has 0 aliphatic carbocycles. The lowest BCUT2D eigenvalue weighted by molar-refractivity contribution is -0.943. The first-order chi connectivity index (χ1) is 13.5. The summed E-state index contributed by atoms with van der Waals surface area (Å²) in [6.45, 7) is 5.20. The number of benzene rings is 1. The zero-order valence-corrected chi connectivity index (χ0v) is 17.0. The minimum absolute atomic E-state index is 0.124. The largest absolute Gasteiger partial charge is 0.338 e. The molecule has 4 amide bonds. The van der Waals surface area contributed by atoms with E-state index < -0.39 is 17.8 Å². The molecule has 0 spiro atoms. The summed E-state index contributed by atoms with van der Waals surface area (Å²) in [7, 11) is 0. The Morgan fingerprint density at radius 1 is 1.14 bits per heavy atom. The smallest absolute Gasteiger partial charge is 0.309 e. The molecule has 2 aliphatic rings. The number of thiazole rings is 1. The summed E-state index contributed by atoms with van der Waals surface area (Å²) < 4.78 is 1.15. The van der Waals surface area contributed by atoms with E-state index in [1.54, 1.807) is 11.3 Å². The van der Waals surface area contributed by atoms with Crippen molar-refractivity contribution in [1.82, 2.24) is 14.8 Å². The summed E-state index contributed by atoms with van der Waals surface area (Å²) in [6.07, 6.45) is 3.11. The van der Waals surface area contributed by atoms with Gasteiger partial charge in [0, 0.05) is 13.0 Å². The molecule has 0 bridgehead atoms. The Balaban J connectivity index is 1.56. The number of quaternary nitrogens is 1. The van der Waals surface area contributed by atoms with Gasteiger partial charge in [-0.15, -0.1) is 11.3 Å². The van der Waals surface area contributed by atoms with Crippen LogP contribution < -0.4 is 4.90 Å². The number of piperidine rings is 1. The molecule has 7 nitrogen and oxygen atoms in total. The summed E-state index contributed by atoms with van der Waals surface area (Å²) in [5.74, 6) is -1.28. The number of carbonyl (C=O) groups excluding carboxylic acids is 3. The number of hydrogen-bond donors (Lipinski definition) is 1. The Morgan fingerprint density at radius 2 is 1.89 bits per heavy atom. The Morgan fingerprint density at radius 3 is 2.64 bits per heavy atom. The van der Waals surface area contributed by atoms with Crippen molar-refractivity contribution in [2.45, 2.75) is 39.2 Å². The second kappa shape index (κ2) is 7.60. The van der Waals surface area contributed by atoms with Crippen LogP contribution in [0.3, 0.4) is 0 Å². The first kappa shape index (κ1) is 19.0. The van der Waals surface area contributed by atoms with E-state index in [0.29, 0.717) is 0 Å². The van der Waals surface area contributed by atoms with E-state index in [0.717, 1.165) is 55.7 Å². The third-order valence-corrected chi connectivity index (χ3v) is 6.54. The van der Waals surface area contributed by atoms with Gasteiger partial charge in [0.05, 0.1) is 16.8 Å². The molecule has 0 radical (unpaired) electrons. The lowest BCUT2D eigenvalue weighted by Crippen LogP contribution is -3.14. The van der Waals surface area contributed by atoms with Crippen LogP contribution in [-0.2, 0) is 9.59 Å². The number of nitrogens with one attached hydrogen (secondary N) is 1. The highest BCUT2D eigenvalue weighted by molar-refractivity contribution is 7.18. The second-order valence-electron chi connectivity index (χ2n) is 7.96. The monoisotopic (exact) mass is 401 g/mol. The Hall–Kier alpha value is -2.32. The van der Waals surface area contributed by atoms with Crippen LogP contribution in [0.2, 0.25) is 0 Å². The molecule has 2 fully saturated rings. The third kappa shape index (κ3) is 3.42. The molecule has 1 aromatic heterocycles. The number of hydrogen-bond acceptors (Lipinski definition) is 5. The first-order valence-corrected chi connectivity index (χ1v) is 10.6. The molecule has 8 heteroatoms. The molecule has 2 aliphatic heterocycles. The third-order valence-electron chi connectivity index (χ3n) is 5.39. The molecule has 4 rings (SSSR count). The van der Waals surface area contributed by atoms with Gasteiger partial charge in [0.25, 0.3) is 0 Å². The molecule has 2 aromatic rings. The van der Waals surface area contributed by atoms with Crippen LogP contribution in [0.4, 0.5) is 4.79 Å². The zero-order chi connectivity index (χ0) is 19.8.